The first-order chi connectivity index (χ1) is 7.04. The normalized spacial score (nSPS) is 12.5. The monoisotopic (exact) mass is 244 g/mol. The molecule has 0 heterocycles. The molecule has 1 nitrogen and oxygen atoms in total. The van der Waals surface area contributed by atoms with Gasteiger partial charge in [0.2, 0.25) is 0 Å². The highest BCUT2D eigenvalue weighted by Gasteiger charge is 2.11. The number of rotatable bonds is 4. The van der Waals surface area contributed by atoms with E-state index in [0.717, 1.165) is 12.0 Å². The smallest absolute Gasteiger partial charge is 0.140 e. The second kappa shape index (κ2) is 5.53. The zero-order valence-electron chi connectivity index (χ0n) is 8.89. The molecule has 0 aliphatic rings. The maximum absolute atomic E-state index is 11.7. The molecule has 1 unspecified atom stereocenters. The van der Waals surface area contributed by atoms with Gasteiger partial charge in [-0.2, -0.15) is 0 Å². The molecule has 0 amide bonds. The molecule has 0 aliphatic carbocycles. The predicted octanol–water partition coefficient (Wildman–Crippen LogP) is 4.15. The van der Waals surface area contributed by atoms with Gasteiger partial charge in [-0.15, -0.1) is 0 Å². The van der Waals surface area contributed by atoms with Crippen LogP contribution in [0.15, 0.2) is 18.2 Å². The number of ketones is 1. The largest absolute Gasteiger partial charge is 0.299 e. The number of Topliss-reactive ketones (excluding diaryl/α,β-unsaturated/α-hetero) is 1. The number of hydrogen-bond acceptors (Lipinski definition) is 1. The highest BCUT2D eigenvalue weighted by atomic mass is 35.5. The molecule has 0 aromatic heterocycles. The van der Waals surface area contributed by atoms with Crippen molar-refractivity contribution in [3.8, 4) is 0 Å². The van der Waals surface area contributed by atoms with Crippen molar-refractivity contribution in [3.05, 3.63) is 33.8 Å². The van der Waals surface area contributed by atoms with Gasteiger partial charge < -0.3 is 0 Å². The van der Waals surface area contributed by atoms with Crippen molar-refractivity contribution in [3.63, 3.8) is 0 Å². The van der Waals surface area contributed by atoms with Gasteiger partial charge in [0.25, 0.3) is 0 Å². The average Bonchev–Trinajstić information content (AvgIpc) is 2.22. The second-order valence-corrected chi connectivity index (χ2v) is 4.52. The maximum atomic E-state index is 11.7. The van der Waals surface area contributed by atoms with Crippen LogP contribution in [-0.4, -0.2) is 5.78 Å². The summed E-state index contributed by atoms with van der Waals surface area (Å²) in [6, 6.07) is 5.32. The van der Waals surface area contributed by atoms with Crippen molar-refractivity contribution in [2.45, 2.75) is 26.7 Å². The van der Waals surface area contributed by atoms with Crippen molar-refractivity contribution in [2.24, 2.45) is 5.92 Å². The van der Waals surface area contributed by atoms with E-state index in [0.29, 0.717) is 16.5 Å². The lowest BCUT2D eigenvalue weighted by molar-refractivity contribution is -0.121. The van der Waals surface area contributed by atoms with E-state index in [4.69, 9.17) is 23.2 Å². The van der Waals surface area contributed by atoms with E-state index >= 15 is 0 Å². The van der Waals surface area contributed by atoms with E-state index < -0.39 is 0 Å². The Morgan fingerprint density at radius 2 is 2.00 bits per heavy atom. The second-order valence-electron chi connectivity index (χ2n) is 3.70. The highest BCUT2D eigenvalue weighted by molar-refractivity contribution is 6.42. The van der Waals surface area contributed by atoms with E-state index in [9.17, 15) is 4.79 Å². The molecule has 0 saturated heterocycles. The van der Waals surface area contributed by atoms with E-state index in [2.05, 4.69) is 0 Å². The summed E-state index contributed by atoms with van der Waals surface area (Å²) in [5.41, 5.74) is 0.926. The zero-order chi connectivity index (χ0) is 11.4. The third-order valence-electron chi connectivity index (χ3n) is 2.52. The van der Waals surface area contributed by atoms with Crippen LogP contribution in [0.1, 0.15) is 25.8 Å². The predicted molar refractivity (Wildman–Crippen MR) is 64.6 cm³/mol. The molecule has 1 aromatic rings. The van der Waals surface area contributed by atoms with Crippen LogP contribution in [0.5, 0.6) is 0 Å². The third kappa shape index (κ3) is 3.51. The molecule has 15 heavy (non-hydrogen) atoms. The molecular formula is C12H14Cl2O. The van der Waals surface area contributed by atoms with Gasteiger partial charge in [0.15, 0.2) is 0 Å². The van der Waals surface area contributed by atoms with Crippen molar-refractivity contribution >= 4 is 29.0 Å². The molecule has 0 spiro atoms. The molecule has 0 radical (unpaired) electrons. The minimum atomic E-state index is 0.111. The van der Waals surface area contributed by atoms with Gasteiger partial charge in [0.05, 0.1) is 10.0 Å². The number of benzene rings is 1. The number of halogens is 2. The first-order valence-corrected chi connectivity index (χ1v) is 5.76. The Hall–Kier alpha value is -0.530. The lowest BCUT2D eigenvalue weighted by Crippen LogP contribution is -2.12. The van der Waals surface area contributed by atoms with Crippen LogP contribution in [0.25, 0.3) is 0 Å². The minimum Gasteiger partial charge on any atom is -0.299 e. The molecule has 0 bridgehead atoms. The number of hydrogen-bond donors (Lipinski definition) is 0. The van der Waals surface area contributed by atoms with Crippen molar-refractivity contribution in [2.75, 3.05) is 0 Å². The Bertz CT molecular complexity index is 361. The van der Waals surface area contributed by atoms with Crippen molar-refractivity contribution < 1.29 is 4.79 Å². The molecule has 0 saturated carbocycles. The van der Waals surface area contributed by atoms with Crippen LogP contribution >= 0.6 is 23.2 Å². The standard InChI is InChI=1S/C12H14Cl2O/c1-3-8(2)12(15)7-9-4-5-10(13)11(14)6-9/h4-6,8H,3,7H2,1-2H3. The molecule has 1 atom stereocenters. The summed E-state index contributed by atoms with van der Waals surface area (Å²) in [6.07, 6.45) is 1.31. The summed E-state index contributed by atoms with van der Waals surface area (Å²) in [5.74, 6) is 0.357. The molecule has 0 N–H and O–H groups in total. The number of carbonyl (C=O) groups is 1. The minimum absolute atomic E-state index is 0.111. The first kappa shape index (κ1) is 12.5. The maximum Gasteiger partial charge on any atom is 0.140 e. The van der Waals surface area contributed by atoms with Crippen LogP contribution in [0.3, 0.4) is 0 Å². The molecule has 3 heteroatoms. The van der Waals surface area contributed by atoms with Crippen molar-refractivity contribution in [1.82, 2.24) is 0 Å². The molecule has 1 aromatic carbocycles. The third-order valence-corrected chi connectivity index (χ3v) is 3.26. The summed E-state index contributed by atoms with van der Waals surface area (Å²) in [4.78, 5) is 11.7. The Kier molecular flexibility index (Phi) is 4.62. The summed E-state index contributed by atoms with van der Waals surface area (Å²) in [6.45, 7) is 3.96. The van der Waals surface area contributed by atoms with Gasteiger partial charge in [-0.05, 0) is 24.1 Å². The lowest BCUT2D eigenvalue weighted by atomic mass is 9.97. The van der Waals surface area contributed by atoms with E-state index in [1.165, 1.54) is 0 Å². The Morgan fingerprint density at radius 3 is 2.53 bits per heavy atom. The Labute approximate surface area is 100 Å². The molecular weight excluding hydrogens is 231 g/mol. The highest BCUT2D eigenvalue weighted by Crippen LogP contribution is 2.23. The zero-order valence-corrected chi connectivity index (χ0v) is 10.4. The van der Waals surface area contributed by atoms with Crippen LogP contribution in [0, 0.1) is 5.92 Å². The van der Waals surface area contributed by atoms with Crippen molar-refractivity contribution in [1.29, 1.82) is 0 Å². The van der Waals surface area contributed by atoms with Crippen LogP contribution in [-0.2, 0) is 11.2 Å². The van der Waals surface area contributed by atoms with Gasteiger partial charge >= 0.3 is 0 Å². The SMILES string of the molecule is CCC(C)C(=O)Cc1ccc(Cl)c(Cl)c1. The van der Waals surface area contributed by atoms with Crippen LogP contribution in [0.2, 0.25) is 10.0 Å². The van der Waals surface area contributed by atoms with Gasteiger partial charge in [-0.25, -0.2) is 0 Å². The first-order valence-electron chi connectivity index (χ1n) is 5.01. The fourth-order valence-electron chi connectivity index (χ4n) is 1.25. The molecule has 0 aliphatic heterocycles. The Balaban J connectivity index is 2.73. The van der Waals surface area contributed by atoms with Gasteiger partial charge in [-0.1, -0.05) is 43.1 Å². The summed E-state index contributed by atoms with van der Waals surface area (Å²) in [7, 11) is 0. The van der Waals surface area contributed by atoms with Crippen LogP contribution in [0.4, 0.5) is 0 Å². The van der Waals surface area contributed by atoms with Gasteiger partial charge in [-0.3, -0.25) is 4.79 Å². The van der Waals surface area contributed by atoms with Gasteiger partial charge in [0.1, 0.15) is 5.78 Å². The van der Waals surface area contributed by atoms with Gasteiger partial charge in [0, 0.05) is 12.3 Å². The van der Waals surface area contributed by atoms with E-state index in [1.807, 2.05) is 19.9 Å². The fourth-order valence-corrected chi connectivity index (χ4v) is 1.57. The molecule has 0 fully saturated rings. The lowest BCUT2D eigenvalue weighted by Gasteiger charge is -2.07. The average molecular weight is 245 g/mol. The quantitative estimate of drug-likeness (QED) is 0.778. The summed E-state index contributed by atoms with van der Waals surface area (Å²) < 4.78 is 0. The Morgan fingerprint density at radius 1 is 1.33 bits per heavy atom. The molecule has 82 valence electrons. The topological polar surface area (TPSA) is 17.1 Å². The molecule has 1 rings (SSSR count). The number of carbonyl (C=O) groups excluding carboxylic acids is 1. The summed E-state index contributed by atoms with van der Waals surface area (Å²) >= 11 is 11.7. The van der Waals surface area contributed by atoms with E-state index in [-0.39, 0.29) is 11.7 Å². The summed E-state index contributed by atoms with van der Waals surface area (Å²) in [5, 5.41) is 1.03. The fraction of sp³-hybridized carbons (Fsp3) is 0.417. The van der Waals surface area contributed by atoms with Crippen LogP contribution < -0.4 is 0 Å². The van der Waals surface area contributed by atoms with E-state index in [1.54, 1.807) is 12.1 Å².